The molecule has 0 aliphatic carbocycles. The Morgan fingerprint density at radius 2 is 1.84 bits per heavy atom. The molecule has 0 saturated heterocycles. The van der Waals surface area contributed by atoms with Crippen LogP contribution < -0.4 is 19.8 Å². The van der Waals surface area contributed by atoms with Gasteiger partial charge >= 0.3 is 5.97 Å². The van der Waals surface area contributed by atoms with E-state index in [9.17, 15) is 18.8 Å². The van der Waals surface area contributed by atoms with Crippen LogP contribution in [-0.2, 0) is 4.74 Å². The van der Waals surface area contributed by atoms with Crippen molar-refractivity contribution in [2.75, 3.05) is 25.2 Å². The standard InChI is InChI=1S/C27H23FN2O7S/c1-5-35-18-9-7-14(11-19(18)36-6-2)21-20-22(31)16-12-15(28)8-10-17(16)37-23(20)25(32)30(21)27-29-13(3)24(38-27)26(33)34-4/h7-12,21H,5-6H2,1-4H3. The van der Waals surface area contributed by atoms with Crippen LogP contribution in [0.2, 0.25) is 0 Å². The number of aromatic nitrogens is 1. The summed E-state index contributed by atoms with van der Waals surface area (Å²) in [6, 6.07) is 7.64. The van der Waals surface area contributed by atoms with Gasteiger partial charge < -0.3 is 18.6 Å². The van der Waals surface area contributed by atoms with Crippen molar-refractivity contribution in [3.05, 3.63) is 79.9 Å². The maximum Gasteiger partial charge on any atom is 0.350 e. The Labute approximate surface area is 220 Å². The number of esters is 1. The summed E-state index contributed by atoms with van der Waals surface area (Å²) in [4.78, 5) is 45.8. The van der Waals surface area contributed by atoms with Gasteiger partial charge in [-0.05, 0) is 56.7 Å². The summed E-state index contributed by atoms with van der Waals surface area (Å²) >= 11 is 0.960. The molecular weight excluding hydrogens is 515 g/mol. The zero-order chi connectivity index (χ0) is 27.1. The van der Waals surface area contributed by atoms with Crippen LogP contribution in [0, 0.1) is 12.7 Å². The van der Waals surface area contributed by atoms with Crippen LogP contribution in [-0.4, -0.2) is 37.2 Å². The lowest BCUT2D eigenvalue weighted by Gasteiger charge is -2.23. The smallest absolute Gasteiger partial charge is 0.350 e. The molecule has 1 atom stereocenters. The lowest BCUT2D eigenvalue weighted by atomic mass is 9.98. The second kappa shape index (κ2) is 9.90. The lowest BCUT2D eigenvalue weighted by Crippen LogP contribution is -2.29. The number of anilines is 1. The summed E-state index contributed by atoms with van der Waals surface area (Å²) in [5.74, 6) is -1.08. The Hall–Kier alpha value is -4.25. The van der Waals surface area contributed by atoms with Crippen molar-refractivity contribution in [2.24, 2.45) is 0 Å². The van der Waals surface area contributed by atoms with Gasteiger partial charge in [-0.25, -0.2) is 14.2 Å². The zero-order valence-corrected chi connectivity index (χ0v) is 21.8. The molecule has 0 bridgehead atoms. The molecule has 1 unspecified atom stereocenters. The van der Waals surface area contributed by atoms with E-state index in [0.717, 1.165) is 23.5 Å². The minimum atomic E-state index is -0.993. The maximum absolute atomic E-state index is 14.1. The Kier molecular flexibility index (Phi) is 6.62. The summed E-state index contributed by atoms with van der Waals surface area (Å²) in [5, 5.41) is 0.177. The van der Waals surface area contributed by atoms with E-state index in [0.29, 0.717) is 36.0 Å². The number of thiazole rings is 1. The molecule has 2 aromatic heterocycles. The summed E-state index contributed by atoms with van der Waals surface area (Å²) < 4.78 is 36.2. The Bertz CT molecular complexity index is 1640. The monoisotopic (exact) mass is 538 g/mol. The fraction of sp³-hybridized carbons (Fsp3) is 0.259. The number of hydrogen-bond acceptors (Lipinski definition) is 9. The number of aryl methyl sites for hydroxylation is 1. The van der Waals surface area contributed by atoms with Gasteiger partial charge in [0.15, 0.2) is 22.1 Å². The van der Waals surface area contributed by atoms with Crippen molar-refractivity contribution in [3.8, 4) is 11.5 Å². The zero-order valence-electron chi connectivity index (χ0n) is 21.0. The van der Waals surface area contributed by atoms with Gasteiger partial charge in [-0.1, -0.05) is 17.4 Å². The maximum atomic E-state index is 14.1. The first kappa shape index (κ1) is 25.4. The molecule has 9 nitrogen and oxygen atoms in total. The first-order chi connectivity index (χ1) is 18.3. The van der Waals surface area contributed by atoms with Crippen LogP contribution in [0.15, 0.2) is 45.6 Å². The van der Waals surface area contributed by atoms with Crippen molar-refractivity contribution in [1.29, 1.82) is 0 Å². The molecule has 196 valence electrons. The Morgan fingerprint density at radius 1 is 1.11 bits per heavy atom. The van der Waals surface area contributed by atoms with Gasteiger partial charge in [0.05, 0.1) is 43.0 Å². The number of benzene rings is 2. The van der Waals surface area contributed by atoms with Gasteiger partial charge in [0, 0.05) is 0 Å². The van der Waals surface area contributed by atoms with Crippen LogP contribution in [0.25, 0.3) is 11.0 Å². The fourth-order valence-corrected chi connectivity index (χ4v) is 5.47. The molecule has 11 heteroatoms. The highest BCUT2D eigenvalue weighted by Crippen LogP contribution is 2.45. The largest absolute Gasteiger partial charge is 0.490 e. The highest BCUT2D eigenvalue weighted by molar-refractivity contribution is 7.17. The van der Waals surface area contributed by atoms with Crippen molar-refractivity contribution < 1.29 is 32.6 Å². The third-order valence-electron chi connectivity index (χ3n) is 6.08. The minimum Gasteiger partial charge on any atom is -0.490 e. The lowest BCUT2D eigenvalue weighted by molar-refractivity contribution is 0.0605. The van der Waals surface area contributed by atoms with E-state index in [4.69, 9.17) is 18.6 Å². The van der Waals surface area contributed by atoms with Gasteiger partial charge in [-0.15, -0.1) is 0 Å². The van der Waals surface area contributed by atoms with Gasteiger partial charge in [0.1, 0.15) is 16.3 Å². The van der Waals surface area contributed by atoms with Crippen LogP contribution in [0.4, 0.5) is 9.52 Å². The molecular formula is C27H23FN2O7S. The van der Waals surface area contributed by atoms with E-state index in [1.54, 1.807) is 25.1 Å². The number of nitrogens with zero attached hydrogens (tertiary/aromatic N) is 2. The summed E-state index contributed by atoms with van der Waals surface area (Å²) in [7, 11) is 1.25. The Balaban J connectivity index is 1.77. The topological polar surface area (TPSA) is 108 Å². The summed E-state index contributed by atoms with van der Waals surface area (Å²) in [6.07, 6.45) is 0. The molecule has 0 saturated carbocycles. The van der Waals surface area contributed by atoms with Gasteiger partial charge in [0.2, 0.25) is 5.76 Å². The van der Waals surface area contributed by atoms with Crippen LogP contribution in [0.1, 0.15) is 56.9 Å². The van der Waals surface area contributed by atoms with Crippen LogP contribution in [0.3, 0.4) is 0 Å². The van der Waals surface area contributed by atoms with E-state index in [1.165, 1.54) is 18.1 Å². The van der Waals surface area contributed by atoms with E-state index in [1.807, 2.05) is 13.8 Å². The molecule has 3 heterocycles. The molecule has 38 heavy (non-hydrogen) atoms. The SMILES string of the molecule is CCOc1ccc(C2c3c(oc4ccc(F)cc4c3=O)C(=O)N2c2nc(C)c(C(=O)OC)s2)cc1OCC. The van der Waals surface area contributed by atoms with E-state index >= 15 is 0 Å². The summed E-state index contributed by atoms with van der Waals surface area (Å²) in [6.45, 7) is 6.06. The number of rotatable bonds is 7. The number of carbonyl (C=O) groups is 2. The molecule has 0 N–H and O–H groups in total. The molecule has 4 aromatic rings. The number of hydrogen-bond donors (Lipinski definition) is 0. The average Bonchev–Trinajstić information content (AvgIpc) is 3.42. The van der Waals surface area contributed by atoms with Gasteiger partial charge in [0.25, 0.3) is 5.91 Å². The second-order valence-electron chi connectivity index (χ2n) is 8.37. The van der Waals surface area contributed by atoms with E-state index < -0.39 is 29.2 Å². The molecule has 1 aliphatic heterocycles. The quantitative estimate of drug-likeness (QED) is 0.302. The number of methoxy groups -OCH3 is 1. The first-order valence-corrected chi connectivity index (χ1v) is 12.7. The number of carbonyl (C=O) groups excluding carboxylic acids is 2. The second-order valence-corrected chi connectivity index (χ2v) is 9.34. The molecule has 5 rings (SSSR count). The van der Waals surface area contributed by atoms with Crippen molar-refractivity contribution in [2.45, 2.75) is 26.8 Å². The molecule has 0 radical (unpaired) electrons. The number of ether oxygens (including phenoxy) is 3. The molecule has 0 fully saturated rings. The average molecular weight is 539 g/mol. The van der Waals surface area contributed by atoms with Crippen molar-refractivity contribution >= 4 is 39.3 Å². The number of halogens is 1. The van der Waals surface area contributed by atoms with E-state index in [2.05, 4.69) is 4.98 Å². The van der Waals surface area contributed by atoms with Crippen LogP contribution >= 0.6 is 11.3 Å². The molecule has 1 amide bonds. The van der Waals surface area contributed by atoms with Crippen molar-refractivity contribution in [3.63, 3.8) is 0 Å². The highest BCUT2D eigenvalue weighted by atomic mass is 32.1. The molecule has 2 aromatic carbocycles. The number of amides is 1. The van der Waals surface area contributed by atoms with Gasteiger partial charge in [-0.2, -0.15) is 0 Å². The minimum absolute atomic E-state index is 0.00457. The van der Waals surface area contributed by atoms with Crippen molar-refractivity contribution in [1.82, 2.24) is 4.98 Å². The highest BCUT2D eigenvalue weighted by Gasteiger charge is 2.45. The summed E-state index contributed by atoms with van der Waals surface area (Å²) in [5.41, 5.74) is 0.450. The molecule has 0 spiro atoms. The third kappa shape index (κ3) is 4.08. The molecule has 1 aliphatic rings. The first-order valence-electron chi connectivity index (χ1n) is 11.8. The normalized spacial score (nSPS) is 14.6. The fourth-order valence-electron chi connectivity index (χ4n) is 4.46. The van der Waals surface area contributed by atoms with Crippen LogP contribution in [0.5, 0.6) is 11.5 Å². The predicted octanol–water partition coefficient (Wildman–Crippen LogP) is 5.03. The Morgan fingerprint density at radius 3 is 2.55 bits per heavy atom. The van der Waals surface area contributed by atoms with Gasteiger partial charge in [-0.3, -0.25) is 14.5 Å². The third-order valence-corrected chi connectivity index (χ3v) is 7.21. The number of fused-ring (bicyclic) bond motifs is 2. The van der Waals surface area contributed by atoms with E-state index in [-0.39, 0.29) is 32.3 Å². The predicted molar refractivity (Wildman–Crippen MR) is 138 cm³/mol.